The molecule has 0 bridgehead atoms. The van der Waals surface area contributed by atoms with Crippen LogP contribution < -0.4 is 5.32 Å². The largest absolute Gasteiger partial charge is 0.395 e. The van der Waals surface area contributed by atoms with E-state index in [0.717, 1.165) is 12.4 Å². The van der Waals surface area contributed by atoms with Crippen LogP contribution in [-0.4, -0.2) is 33.0 Å². The van der Waals surface area contributed by atoms with Crippen LogP contribution in [0, 0.1) is 5.92 Å². The van der Waals surface area contributed by atoms with Crippen LogP contribution in [0.4, 0.5) is 0 Å². The van der Waals surface area contributed by atoms with E-state index < -0.39 is 0 Å². The summed E-state index contributed by atoms with van der Waals surface area (Å²) in [6, 6.07) is 0. The Balaban J connectivity index is 2.45. The lowest BCUT2D eigenvalue weighted by atomic mass is 10.2. The third-order valence-electron chi connectivity index (χ3n) is 1.81. The molecule has 1 aromatic heterocycles. The van der Waals surface area contributed by atoms with Crippen LogP contribution in [0.3, 0.4) is 0 Å². The van der Waals surface area contributed by atoms with Gasteiger partial charge in [0, 0.05) is 13.1 Å². The number of nitrogens with zero attached hydrogens (tertiary/aromatic N) is 3. The van der Waals surface area contributed by atoms with Crippen molar-refractivity contribution in [2.24, 2.45) is 5.92 Å². The van der Waals surface area contributed by atoms with Crippen molar-refractivity contribution in [3.05, 3.63) is 12.2 Å². The van der Waals surface area contributed by atoms with Gasteiger partial charge in [-0.2, -0.15) is 5.10 Å². The molecule has 5 heteroatoms. The second-order valence-electron chi connectivity index (χ2n) is 3.65. The summed E-state index contributed by atoms with van der Waals surface area (Å²) in [7, 11) is 0. The molecule has 5 nitrogen and oxygen atoms in total. The van der Waals surface area contributed by atoms with E-state index in [1.165, 1.54) is 0 Å². The summed E-state index contributed by atoms with van der Waals surface area (Å²) in [5, 5.41) is 15.8. The van der Waals surface area contributed by atoms with E-state index in [-0.39, 0.29) is 6.61 Å². The summed E-state index contributed by atoms with van der Waals surface area (Å²) in [4.78, 5) is 4.15. The van der Waals surface area contributed by atoms with E-state index in [1.54, 1.807) is 6.33 Å². The van der Waals surface area contributed by atoms with Gasteiger partial charge in [0.15, 0.2) is 0 Å². The van der Waals surface area contributed by atoms with Crippen LogP contribution in [0.2, 0.25) is 0 Å². The predicted octanol–water partition coefficient (Wildman–Crippen LogP) is 0.0160. The van der Waals surface area contributed by atoms with Crippen LogP contribution in [0.25, 0.3) is 0 Å². The van der Waals surface area contributed by atoms with Crippen molar-refractivity contribution < 1.29 is 5.11 Å². The van der Waals surface area contributed by atoms with Gasteiger partial charge >= 0.3 is 0 Å². The van der Waals surface area contributed by atoms with Gasteiger partial charge in [-0.15, -0.1) is 0 Å². The zero-order valence-corrected chi connectivity index (χ0v) is 8.77. The lowest BCUT2D eigenvalue weighted by molar-refractivity contribution is 0.290. The molecule has 0 amide bonds. The van der Waals surface area contributed by atoms with Gasteiger partial charge in [0.05, 0.1) is 13.2 Å². The highest BCUT2D eigenvalue weighted by atomic mass is 16.3. The zero-order valence-electron chi connectivity index (χ0n) is 8.77. The van der Waals surface area contributed by atoms with E-state index in [1.807, 2.05) is 4.68 Å². The summed E-state index contributed by atoms with van der Waals surface area (Å²) < 4.78 is 1.90. The first-order chi connectivity index (χ1) is 6.74. The van der Waals surface area contributed by atoms with Crippen molar-refractivity contribution in [1.29, 1.82) is 0 Å². The first-order valence-electron chi connectivity index (χ1n) is 4.92. The minimum Gasteiger partial charge on any atom is -0.395 e. The molecule has 0 fully saturated rings. The summed E-state index contributed by atoms with van der Waals surface area (Å²) in [6.45, 7) is 6.58. The van der Waals surface area contributed by atoms with E-state index in [9.17, 15) is 0 Å². The van der Waals surface area contributed by atoms with Gasteiger partial charge < -0.3 is 10.4 Å². The second kappa shape index (κ2) is 5.72. The Morgan fingerprint density at radius 1 is 1.57 bits per heavy atom. The van der Waals surface area contributed by atoms with Crippen LogP contribution in [-0.2, 0) is 13.1 Å². The highest BCUT2D eigenvalue weighted by molar-refractivity contribution is 4.83. The Bertz CT molecular complexity index is 259. The normalized spacial score (nSPS) is 11.1. The maximum Gasteiger partial charge on any atom is 0.140 e. The van der Waals surface area contributed by atoms with Gasteiger partial charge in [-0.3, -0.25) is 0 Å². The van der Waals surface area contributed by atoms with Crippen molar-refractivity contribution in [3.8, 4) is 0 Å². The number of aliphatic hydroxyl groups is 1. The molecule has 0 saturated heterocycles. The Labute approximate surface area is 84.2 Å². The SMILES string of the molecule is CC(C)Cn1ncnc1CNCCO. The standard InChI is InChI=1S/C9H18N4O/c1-8(2)6-13-9(11-7-12-13)5-10-3-4-14/h7-8,10,14H,3-6H2,1-2H3. The van der Waals surface area contributed by atoms with Crippen molar-refractivity contribution in [1.82, 2.24) is 20.1 Å². The summed E-state index contributed by atoms with van der Waals surface area (Å²) in [6.07, 6.45) is 1.57. The molecule has 1 rings (SSSR count). The highest BCUT2D eigenvalue weighted by Gasteiger charge is 2.04. The van der Waals surface area contributed by atoms with Gasteiger partial charge in [-0.1, -0.05) is 13.8 Å². The Kier molecular flexibility index (Phi) is 4.55. The van der Waals surface area contributed by atoms with Crippen LogP contribution >= 0.6 is 0 Å². The maximum atomic E-state index is 8.60. The number of aromatic nitrogens is 3. The number of aliphatic hydroxyl groups excluding tert-OH is 1. The molecule has 0 aliphatic rings. The quantitative estimate of drug-likeness (QED) is 0.632. The molecule has 1 aromatic rings. The van der Waals surface area contributed by atoms with Crippen molar-refractivity contribution in [3.63, 3.8) is 0 Å². The topological polar surface area (TPSA) is 63.0 Å². The van der Waals surface area contributed by atoms with Gasteiger partial charge in [0.1, 0.15) is 12.2 Å². The van der Waals surface area contributed by atoms with Crippen LogP contribution in [0.1, 0.15) is 19.7 Å². The molecule has 0 unspecified atom stereocenters. The first kappa shape index (κ1) is 11.1. The molecule has 0 saturated carbocycles. The van der Waals surface area contributed by atoms with Crippen LogP contribution in [0.5, 0.6) is 0 Å². The maximum absolute atomic E-state index is 8.60. The number of hydrogen-bond acceptors (Lipinski definition) is 4. The molecule has 14 heavy (non-hydrogen) atoms. The fourth-order valence-corrected chi connectivity index (χ4v) is 1.20. The van der Waals surface area contributed by atoms with Gasteiger partial charge in [0.2, 0.25) is 0 Å². The third kappa shape index (κ3) is 3.43. The monoisotopic (exact) mass is 198 g/mol. The zero-order chi connectivity index (χ0) is 10.4. The number of nitrogens with one attached hydrogen (secondary N) is 1. The average molecular weight is 198 g/mol. The van der Waals surface area contributed by atoms with Gasteiger partial charge in [0.25, 0.3) is 0 Å². The lowest BCUT2D eigenvalue weighted by Gasteiger charge is -2.08. The summed E-state index contributed by atoms with van der Waals surface area (Å²) in [5.74, 6) is 1.49. The number of rotatable bonds is 6. The fraction of sp³-hybridized carbons (Fsp3) is 0.778. The van der Waals surface area contributed by atoms with Crippen LogP contribution in [0.15, 0.2) is 6.33 Å². The van der Waals surface area contributed by atoms with E-state index in [2.05, 4.69) is 29.2 Å². The minimum atomic E-state index is 0.151. The van der Waals surface area contributed by atoms with Gasteiger partial charge in [-0.05, 0) is 5.92 Å². The first-order valence-corrected chi connectivity index (χ1v) is 4.92. The Hall–Kier alpha value is -0.940. The molecular formula is C9H18N4O. The molecule has 0 radical (unpaired) electrons. The minimum absolute atomic E-state index is 0.151. The van der Waals surface area contributed by atoms with E-state index in [4.69, 9.17) is 5.11 Å². The van der Waals surface area contributed by atoms with Crippen molar-refractivity contribution in [2.45, 2.75) is 26.9 Å². The second-order valence-corrected chi connectivity index (χ2v) is 3.65. The molecule has 0 aromatic carbocycles. The van der Waals surface area contributed by atoms with Gasteiger partial charge in [-0.25, -0.2) is 9.67 Å². The molecular weight excluding hydrogens is 180 g/mol. The predicted molar refractivity (Wildman–Crippen MR) is 53.7 cm³/mol. The number of hydrogen-bond donors (Lipinski definition) is 2. The highest BCUT2D eigenvalue weighted by Crippen LogP contribution is 2.00. The summed E-state index contributed by atoms with van der Waals surface area (Å²) in [5.41, 5.74) is 0. The molecule has 0 spiro atoms. The van der Waals surface area contributed by atoms with E-state index in [0.29, 0.717) is 19.0 Å². The Morgan fingerprint density at radius 3 is 3.00 bits per heavy atom. The molecule has 2 N–H and O–H groups in total. The molecule has 0 atom stereocenters. The van der Waals surface area contributed by atoms with E-state index >= 15 is 0 Å². The molecule has 1 heterocycles. The smallest absolute Gasteiger partial charge is 0.140 e. The fourth-order valence-electron chi connectivity index (χ4n) is 1.20. The lowest BCUT2D eigenvalue weighted by Crippen LogP contribution is -2.21. The Morgan fingerprint density at radius 2 is 2.36 bits per heavy atom. The average Bonchev–Trinajstić information content (AvgIpc) is 2.52. The molecule has 80 valence electrons. The molecule has 0 aliphatic heterocycles. The molecule has 0 aliphatic carbocycles. The van der Waals surface area contributed by atoms with Crippen molar-refractivity contribution >= 4 is 0 Å². The summed E-state index contributed by atoms with van der Waals surface area (Å²) >= 11 is 0. The third-order valence-corrected chi connectivity index (χ3v) is 1.81. The van der Waals surface area contributed by atoms with Crippen molar-refractivity contribution in [2.75, 3.05) is 13.2 Å².